The molecule has 0 radical (unpaired) electrons. The minimum Gasteiger partial charge on any atom is -0.453 e. The number of aryl methyl sites for hydroxylation is 1. The molecule has 0 bridgehead atoms. The molecule has 0 aliphatic carbocycles. The summed E-state index contributed by atoms with van der Waals surface area (Å²) in [5.41, 5.74) is 0.524. The van der Waals surface area contributed by atoms with Crippen LogP contribution in [0.25, 0.3) is 22.2 Å². The van der Waals surface area contributed by atoms with E-state index in [1.54, 1.807) is 23.8 Å². The van der Waals surface area contributed by atoms with E-state index in [4.69, 9.17) is 4.74 Å². The van der Waals surface area contributed by atoms with Crippen molar-refractivity contribution in [3.05, 3.63) is 94.5 Å². The second-order valence-electron chi connectivity index (χ2n) is 9.29. The number of amides is 1. The molecular weight excluding hydrogens is 534 g/mol. The molecule has 0 aliphatic heterocycles. The number of pyridine rings is 2. The van der Waals surface area contributed by atoms with Crippen LogP contribution in [-0.2, 0) is 6.54 Å². The van der Waals surface area contributed by atoms with Crippen LogP contribution in [0.5, 0.6) is 11.5 Å². The molecule has 1 amide bonds. The quantitative estimate of drug-likeness (QED) is 0.201. The summed E-state index contributed by atoms with van der Waals surface area (Å²) in [7, 11) is 0. The van der Waals surface area contributed by atoms with Crippen LogP contribution in [0.3, 0.4) is 0 Å². The SMILES string of the molecule is CCn1cc(C(=O)Nc2ccc(Oc3ccnc4[nH]nc(N[C@H](C)CO)c34)c(F)c2)c(=O)c(-c2ccc(F)cc2)c1. The molecule has 0 unspecified atom stereocenters. The average Bonchev–Trinajstić information content (AvgIpc) is 3.38. The van der Waals surface area contributed by atoms with E-state index in [2.05, 4.69) is 25.8 Å². The Hall–Kier alpha value is -5.10. The largest absolute Gasteiger partial charge is 0.453 e. The maximum Gasteiger partial charge on any atom is 0.261 e. The van der Waals surface area contributed by atoms with E-state index in [1.165, 1.54) is 48.8 Å². The molecule has 4 N–H and O–H groups in total. The Kier molecular flexibility index (Phi) is 7.74. The van der Waals surface area contributed by atoms with E-state index in [-0.39, 0.29) is 41.0 Å². The van der Waals surface area contributed by atoms with Crippen LogP contribution in [0.4, 0.5) is 20.3 Å². The second kappa shape index (κ2) is 11.6. The average molecular weight is 561 g/mol. The summed E-state index contributed by atoms with van der Waals surface area (Å²) in [5.74, 6) is -1.40. The van der Waals surface area contributed by atoms with Gasteiger partial charge < -0.3 is 25.0 Å². The fourth-order valence-electron chi connectivity index (χ4n) is 4.18. The Morgan fingerprint density at radius 2 is 1.90 bits per heavy atom. The van der Waals surface area contributed by atoms with Crippen LogP contribution >= 0.6 is 0 Å². The molecule has 0 spiro atoms. The molecule has 5 aromatic rings. The van der Waals surface area contributed by atoms with Gasteiger partial charge in [-0.3, -0.25) is 14.7 Å². The molecule has 2 aromatic carbocycles. The number of nitrogens with zero attached hydrogens (tertiary/aromatic N) is 3. The van der Waals surface area contributed by atoms with Gasteiger partial charge in [0.25, 0.3) is 5.91 Å². The van der Waals surface area contributed by atoms with E-state index in [0.717, 1.165) is 6.07 Å². The van der Waals surface area contributed by atoms with Gasteiger partial charge in [-0.2, -0.15) is 5.10 Å². The third-order valence-electron chi connectivity index (χ3n) is 6.33. The maximum atomic E-state index is 15.1. The third kappa shape index (κ3) is 5.77. The lowest BCUT2D eigenvalue weighted by Gasteiger charge is -2.13. The van der Waals surface area contributed by atoms with Gasteiger partial charge in [-0.1, -0.05) is 12.1 Å². The number of fused-ring (bicyclic) bond motifs is 1. The zero-order chi connectivity index (χ0) is 29.1. The second-order valence-corrected chi connectivity index (χ2v) is 9.29. The molecule has 0 aliphatic rings. The number of benzene rings is 2. The van der Waals surface area contributed by atoms with E-state index in [9.17, 15) is 19.1 Å². The number of hydrogen-bond acceptors (Lipinski definition) is 7. The summed E-state index contributed by atoms with van der Waals surface area (Å²) in [6.07, 6.45) is 4.49. The lowest BCUT2D eigenvalue weighted by Crippen LogP contribution is -2.24. The topological polar surface area (TPSA) is 134 Å². The van der Waals surface area contributed by atoms with Gasteiger partial charge >= 0.3 is 0 Å². The summed E-state index contributed by atoms with van der Waals surface area (Å²) >= 11 is 0. The lowest BCUT2D eigenvalue weighted by molar-refractivity contribution is 0.102. The van der Waals surface area contributed by atoms with Crippen molar-refractivity contribution in [2.45, 2.75) is 26.4 Å². The summed E-state index contributed by atoms with van der Waals surface area (Å²) < 4.78 is 36.0. The molecule has 3 aromatic heterocycles. The fraction of sp³-hybridized carbons (Fsp3) is 0.172. The molecule has 41 heavy (non-hydrogen) atoms. The third-order valence-corrected chi connectivity index (χ3v) is 6.33. The highest BCUT2D eigenvalue weighted by atomic mass is 19.1. The first kappa shape index (κ1) is 27.5. The van der Waals surface area contributed by atoms with Crippen molar-refractivity contribution in [3.63, 3.8) is 0 Å². The van der Waals surface area contributed by atoms with Crippen molar-refractivity contribution in [3.8, 4) is 22.6 Å². The number of ether oxygens (including phenoxy) is 1. The van der Waals surface area contributed by atoms with Gasteiger partial charge in [-0.25, -0.2) is 13.8 Å². The minimum atomic E-state index is -0.763. The van der Waals surface area contributed by atoms with Crippen LogP contribution < -0.4 is 20.8 Å². The number of hydrogen-bond donors (Lipinski definition) is 4. The highest BCUT2D eigenvalue weighted by molar-refractivity contribution is 6.04. The number of aliphatic hydroxyl groups excluding tert-OH is 1. The van der Waals surface area contributed by atoms with Crippen molar-refractivity contribution in [2.24, 2.45) is 0 Å². The predicted octanol–water partition coefficient (Wildman–Crippen LogP) is 4.92. The smallest absolute Gasteiger partial charge is 0.261 e. The zero-order valence-electron chi connectivity index (χ0n) is 22.1. The number of halogens is 2. The van der Waals surface area contributed by atoms with Gasteiger partial charge in [0.05, 0.1) is 6.61 Å². The Balaban J connectivity index is 1.40. The Labute approximate surface area is 232 Å². The Morgan fingerprint density at radius 1 is 1.12 bits per heavy atom. The maximum absolute atomic E-state index is 15.1. The van der Waals surface area contributed by atoms with Gasteiger partial charge in [0, 0.05) is 54.6 Å². The summed E-state index contributed by atoms with van der Waals surface area (Å²) in [5, 5.41) is 22.4. The van der Waals surface area contributed by atoms with Crippen molar-refractivity contribution < 1.29 is 23.4 Å². The monoisotopic (exact) mass is 560 g/mol. The standard InChI is InChI=1S/C29H26F2N6O4/c1-3-37-13-20(17-4-6-18(30)7-5-17)26(39)21(14-37)29(40)34-19-8-9-23(22(31)12-19)41-24-10-11-32-27-25(24)28(36-35-27)33-16(2)15-38/h4-14,16,38H,3,15H2,1-2H3,(H,34,40)(H2,32,33,35,36)/t16-/m1/s1. The van der Waals surface area contributed by atoms with Crippen LogP contribution in [0.2, 0.25) is 0 Å². The summed E-state index contributed by atoms with van der Waals surface area (Å²) in [6, 6.07) is 10.5. The van der Waals surface area contributed by atoms with Gasteiger partial charge in [-0.15, -0.1) is 0 Å². The van der Waals surface area contributed by atoms with Gasteiger partial charge in [0.2, 0.25) is 5.43 Å². The van der Waals surface area contributed by atoms with Gasteiger partial charge in [0.15, 0.2) is 23.0 Å². The molecule has 1 atom stereocenters. The highest BCUT2D eigenvalue weighted by Gasteiger charge is 2.19. The normalized spacial score (nSPS) is 11.8. The highest BCUT2D eigenvalue weighted by Crippen LogP contribution is 2.34. The number of carbonyl (C=O) groups is 1. The molecule has 12 heteroatoms. The van der Waals surface area contributed by atoms with Crippen molar-refractivity contribution in [2.75, 3.05) is 17.2 Å². The number of aromatic amines is 1. The van der Waals surface area contributed by atoms with E-state index in [0.29, 0.717) is 29.0 Å². The van der Waals surface area contributed by atoms with Gasteiger partial charge in [0.1, 0.15) is 22.5 Å². The molecule has 10 nitrogen and oxygen atoms in total. The predicted molar refractivity (Wildman–Crippen MR) is 150 cm³/mol. The number of rotatable bonds is 9. The minimum absolute atomic E-state index is 0.108. The number of anilines is 2. The molecular formula is C29H26F2N6O4. The number of carbonyl (C=O) groups excluding carboxylic acids is 1. The summed E-state index contributed by atoms with van der Waals surface area (Å²) in [6.45, 7) is 3.96. The summed E-state index contributed by atoms with van der Waals surface area (Å²) in [4.78, 5) is 30.5. The number of aliphatic hydroxyl groups is 1. The Morgan fingerprint density at radius 3 is 2.61 bits per heavy atom. The van der Waals surface area contributed by atoms with E-state index in [1.807, 2.05) is 6.92 Å². The van der Waals surface area contributed by atoms with Crippen molar-refractivity contribution in [1.82, 2.24) is 19.7 Å². The number of nitrogens with one attached hydrogen (secondary N) is 3. The van der Waals surface area contributed by atoms with Crippen molar-refractivity contribution in [1.29, 1.82) is 0 Å². The number of H-pyrrole nitrogens is 1. The van der Waals surface area contributed by atoms with E-state index >= 15 is 4.39 Å². The molecule has 0 saturated heterocycles. The molecule has 0 fully saturated rings. The van der Waals surface area contributed by atoms with Crippen LogP contribution in [-0.4, -0.2) is 43.4 Å². The molecule has 210 valence electrons. The van der Waals surface area contributed by atoms with Crippen LogP contribution in [0, 0.1) is 11.6 Å². The van der Waals surface area contributed by atoms with Crippen LogP contribution in [0.1, 0.15) is 24.2 Å². The van der Waals surface area contributed by atoms with Crippen LogP contribution in [0.15, 0.2) is 71.9 Å². The zero-order valence-corrected chi connectivity index (χ0v) is 22.1. The van der Waals surface area contributed by atoms with Gasteiger partial charge in [-0.05, 0) is 43.7 Å². The Bertz CT molecular complexity index is 1790. The first-order valence-corrected chi connectivity index (χ1v) is 12.8. The molecule has 3 heterocycles. The lowest BCUT2D eigenvalue weighted by atomic mass is 10.0. The fourth-order valence-corrected chi connectivity index (χ4v) is 4.18. The number of aromatic nitrogens is 4. The first-order chi connectivity index (χ1) is 19.8. The molecule has 0 saturated carbocycles. The van der Waals surface area contributed by atoms with E-state index < -0.39 is 23.0 Å². The molecule has 5 rings (SSSR count). The first-order valence-electron chi connectivity index (χ1n) is 12.8. The van der Waals surface area contributed by atoms with Crippen molar-refractivity contribution >= 4 is 28.4 Å².